The first-order chi connectivity index (χ1) is 14.3. The van der Waals surface area contributed by atoms with E-state index in [1.54, 1.807) is 12.1 Å². The average molecular weight is 410 g/mol. The summed E-state index contributed by atoms with van der Waals surface area (Å²) in [6.45, 7) is 3.90. The topological polar surface area (TPSA) is 65.2 Å². The van der Waals surface area contributed by atoms with Crippen molar-refractivity contribution in [3.05, 3.63) is 52.1 Å². The number of H-pyrrole nitrogens is 1. The molecule has 0 saturated heterocycles. The van der Waals surface area contributed by atoms with Crippen LogP contribution < -0.4 is 5.32 Å². The van der Waals surface area contributed by atoms with E-state index in [9.17, 15) is 14.0 Å². The van der Waals surface area contributed by atoms with E-state index < -0.39 is 0 Å². The molecule has 1 aliphatic carbocycles. The van der Waals surface area contributed by atoms with E-state index in [0.717, 1.165) is 35.4 Å². The fourth-order valence-electron chi connectivity index (χ4n) is 4.62. The average Bonchev–Trinajstić information content (AvgIpc) is 3.18. The van der Waals surface area contributed by atoms with Crippen molar-refractivity contribution in [2.75, 3.05) is 12.4 Å². The number of amides is 2. The number of nitrogens with zero attached hydrogens (tertiary/aromatic N) is 1. The molecule has 1 aromatic heterocycles. The number of aromatic amines is 1. The number of likely N-dealkylation sites (N-methyl/N-ethyl adjacent to an activating group) is 1. The lowest BCUT2D eigenvalue weighted by Crippen LogP contribution is -2.39. The van der Waals surface area contributed by atoms with Crippen molar-refractivity contribution in [1.82, 2.24) is 9.88 Å². The third-order valence-electron chi connectivity index (χ3n) is 6.53. The molecule has 0 unspecified atom stereocenters. The van der Waals surface area contributed by atoms with Gasteiger partial charge in [-0.2, -0.15) is 0 Å². The molecule has 1 saturated carbocycles. The fraction of sp³-hybridized carbons (Fsp3) is 0.417. The molecule has 2 aromatic rings. The number of carbonyl (C=O) groups is 2. The molecule has 0 bridgehead atoms. The predicted molar refractivity (Wildman–Crippen MR) is 117 cm³/mol. The molecule has 0 spiro atoms. The zero-order chi connectivity index (χ0) is 21.4. The molecule has 6 heteroatoms. The Kier molecular flexibility index (Phi) is 5.50. The van der Waals surface area contributed by atoms with Crippen molar-refractivity contribution in [2.24, 2.45) is 0 Å². The van der Waals surface area contributed by atoms with Gasteiger partial charge in [0.1, 0.15) is 5.82 Å². The van der Waals surface area contributed by atoms with E-state index >= 15 is 0 Å². The molecule has 30 heavy (non-hydrogen) atoms. The number of hydrogen-bond donors (Lipinski definition) is 2. The summed E-state index contributed by atoms with van der Waals surface area (Å²) in [6.07, 6.45) is 7.88. The van der Waals surface area contributed by atoms with E-state index in [1.807, 2.05) is 25.8 Å². The molecule has 0 radical (unpaired) electrons. The minimum absolute atomic E-state index is 0.123. The van der Waals surface area contributed by atoms with Crippen molar-refractivity contribution in [3.8, 4) is 0 Å². The van der Waals surface area contributed by atoms with Crippen LogP contribution in [0.3, 0.4) is 0 Å². The molecule has 2 N–H and O–H groups in total. The first-order valence-corrected chi connectivity index (χ1v) is 10.6. The van der Waals surface area contributed by atoms with Gasteiger partial charge in [-0.3, -0.25) is 9.59 Å². The SMILES string of the molecule is Cc1[nH]c(/C=C2\C(=O)Nc3ccc(F)cc32)c(C)c1CC(=O)N(C)C1CCCCC1. The third-order valence-corrected chi connectivity index (χ3v) is 6.53. The lowest BCUT2D eigenvalue weighted by molar-refractivity contribution is -0.131. The van der Waals surface area contributed by atoms with Gasteiger partial charge in [-0.25, -0.2) is 4.39 Å². The summed E-state index contributed by atoms with van der Waals surface area (Å²) in [5.74, 6) is -0.512. The minimum atomic E-state index is -0.382. The summed E-state index contributed by atoms with van der Waals surface area (Å²) in [5, 5.41) is 2.77. The highest BCUT2D eigenvalue weighted by molar-refractivity contribution is 6.34. The smallest absolute Gasteiger partial charge is 0.256 e. The number of rotatable bonds is 4. The molecule has 1 aliphatic heterocycles. The molecule has 2 amide bonds. The Balaban J connectivity index is 1.59. The molecule has 158 valence electrons. The summed E-state index contributed by atoms with van der Waals surface area (Å²) < 4.78 is 13.7. The molecule has 2 heterocycles. The van der Waals surface area contributed by atoms with Gasteiger partial charge in [-0.05, 0) is 62.1 Å². The van der Waals surface area contributed by atoms with Crippen LogP contribution in [0.4, 0.5) is 10.1 Å². The molecule has 0 atom stereocenters. The van der Waals surface area contributed by atoms with Gasteiger partial charge >= 0.3 is 0 Å². The lowest BCUT2D eigenvalue weighted by atomic mass is 9.94. The highest BCUT2D eigenvalue weighted by Gasteiger charge is 2.27. The van der Waals surface area contributed by atoms with Crippen LogP contribution in [0, 0.1) is 19.7 Å². The van der Waals surface area contributed by atoms with Crippen molar-refractivity contribution >= 4 is 29.2 Å². The van der Waals surface area contributed by atoms with Gasteiger partial charge in [0.15, 0.2) is 0 Å². The Morgan fingerprint density at radius 2 is 1.97 bits per heavy atom. The van der Waals surface area contributed by atoms with E-state index in [2.05, 4.69) is 10.3 Å². The zero-order valence-electron chi connectivity index (χ0n) is 17.8. The second-order valence-electron chi connectivity index (χ2n) is 8.44. The van der Waals surface area contributed by atoms with Crippen molar-refractivity contribution in [1.29, 1.82) is 0 Å². The number of anilines is 1. The maximum absolute atomic E-state index is 13.7. The number of fused-ring (bicyclic) bond motifs is 1. The lowest BCUT2D eigenvalue weighted by Gasteiger charge is -2.31. The largest absolute Gasteiger partial charge is 0.359 e. The van der Waals surface area contributed by atoms with Crippen LogP contribution >= 0.6 is 0 Å². The van der Waals surface area contributed by atoms with Gasteiger partial charge in [0.2, 0.25) is 5.91 Å². The number of aryl methyl sites for hydroxylation is 1. The van der Waals surface area contributed by atoms with Crippen LogP contribution in [0.25, 0.3) is 11.6 Å². The number of nitrogens with one attached hydrogen (secondary N) is 2. The summed E-state index contributed by atoms with van der Waals surface area (Å²) in [5.41, 5.74) is 5.20. The monoisotopic (exact) mass is 409 g/mol. The second kappa shape index (κ2) is 8.09. The Labute approximate surface area is 176 Å². The molecule has 2 aliphatic rings. The first kappa shape index (κ1) is 20.4. The fourth-order valence-corrected chi connectivity index (χ4v) is 4.62. The van der Waals surface area contributed by atoms with Gasteiger partial charge in [-0.15, -0.1) is 0 Å². The van der Waals surface area contributed by atoms with Crippen LogP contribution in [-0.2, 0) is 16.0 Å². The highest BCUT2D eigenvalue weighted by Crippen LogP contribution is 2.34. The minimum Gasteiger partial charge on any atom is -0.359 e. The Bertz CT molecular complexity index is 1030. The van der Waals surface area contributed by atoms with E-state index in [-0.39, 0.29) is 17.6 Å². The molecular weight excluding hydrogens is 381 g/mol. The standard InChI is InChI=1S/C24H28FN3O2/c1-14-18(13-23(29)28(3)17-7-5-4-6-8-17)15(2)26-22(14)12-20-19-11-16(25)9-10-21(19)27-24(20)30/h9-12,17,26H,4-8,13H2,1-3H3,(H,27,30)/b20-12-. The van der Waals surface area contributed by atoms with Crippen LogP contribution in [0.1, 0.15) is 60.2 Å². The number of halogens is 1. The summed E-state index contributed by atoms with van der Waals surface area (Å²) in [4.78, 5) is 30.5. The van der Waals surface area contributed by atoms with E-state index in [1.165, 1.54) is 31.4 Å². The molecular formula is C24H28FN3O2. The van der Waals surface area contributed by atoms with Gasteiger partial charge in [-0.1, -0.05) is 19.3 Å². The van der Waals surface area contributed by atoms with Gasteiger partial charge < -0.3 is 15.2 Å². The van der Waals surface area contributed by atoms with Gasteiger partial charge in [0, 0.05) is 35.7 Å². The number of hydrogen-bond acceptors (Lipinski definition) is 2. The highest BCUT2D eigenvalue weighted by atomic mass is 19.1. The van der Waals surface area contributed by atoms with Gasteiger partial charge in [0.05, 0.1) is 12.0 Å². The van der Waals surface area contributed by atoms with E-state index in [4.69, 9.17) is 0 Å². The normalized spacial score (nSPS) is 17.9. The second-order valence-corrected chi connectivity index (χ2v) is 8.44. The Morgan fingerprint density at radius 1 is 1.23 bits per heavy atom. The van der Waals surface area contributed by atoms with Crippen LogP contribution in [0.15, 0.2) is 18.2 Å². The quantitative estimate of drug-likeness (QED) is 0.725. The van der Waals surface area contributed by atoms with Crippen molar-refractivity contribution < 1.29 is 14.0 Å². The zero-order valence-corrected chi connectivity index (χ0v) is 17.8. The maximum atomic E-state index is 13.7. The summed E-state index contributed by atoms with van der Waals surface area (Å²) in [7, 11) is 1.91. The molecule has 1 aromatic carbocycles. The van der Waals surface area contributed by atoms with Crippen LogP contribution in [-0.4, -0.2) is 34.8 Å². The predicted octanol–water partition coefficient (Wildman–Crippen LogP) is 4.60. The van der Waals surface area contributed by atoms with Crippen LogP contribution in [0.2, 0.25) is 0 Å². The van der Waals surface area contributed by atoms with Crippen molar-refractivity contribution in [2.45, 2.75) is 58.4 Å². The third kappa shape index (κ3) is 3.78. The first-order valence-electron chi connectivity index (χ1n) is 10.6. The summed E-state index contributed by atoms with van der Waals surface area (Å²) >= 11 is 0. The Hall–Kier alpha value is -2.89. The van der Waals surface area contributed by atoms with Crippen LogP contribution in [0.5, 0.6) is 0 Å². The van der Waals surface area contributed by atoms with Crippen molar-refractivity contribution in [3.63, 3.8) is 0 Å². The summed E-state index contributed by atoms with van der Waals surface area (Å²) in [6, 6.07) is 4.61. The van der Waals surface area contributed by atoms with E-state index in [0.29, 0.717) is 29.3 Å². The number of carbonyl (C=O) groups excluding carboxylic acids is 2. The number of benzene rings is 1. The molecule has 5 nitrogen and oxygen atoms in total. The molecule has 1 fully saturated rings. The van der Waals surface area contributed by atoms with Gasteiger partial charge in [0.25, 0.3) is 5.91 Å². The molecule has 4 rings (SSSR count). The number of aromatic nitrogens is 1. The Morgan fingerprint density at radius 3 is 2.70 bits per heavy atom. The maximum Gasteiger partial charge on any atom is 0.256 e.